The molecule has 0 unspecified atom stereocenters. The molecule has 0 bridgehead atoms. The van der Waals surface area contributed by atoms with Crippen molar-refractivity contribution in [1.82, 2.24) is 9.97 Å². The molecule has 4 heteroatoms. The second-order valence-corrected chi connectivity index (χ2v) is 0.904. The Bertz CT molecular complexity index is 84.0. The van der Waals surface area contributed by atoms with E-state index in [1.54, 1.807) is 18.5 Å². The molecular formula is C4H6K2N2. The molecule has 0 aliphatic heterocycles. The summed E-state index contributed by atoms with van der Waals surface area (Å²) in [5.41, 5.74) is 0. The molecule has 0 amide bonds. The van der Waals surface area contributed by atoms with E-state index in [0.29, 0.717) is 0 Å². The van der Waals surface area contributed by atoms with Gasteiger partial charge in [0.25, 0.3) is 0 Å². The second-order valence-electron chi connectivity index (χ2n) is 0.904. The number of hydrogen-bond acceptors (Lipinski definition) is 2. The minimum absolute atomic E-state index is 0. The predicted octanol–water partition coefficient (Wildman–Crippen LogP) is -0.820. The number of aromatic nitrogens is 2. The van der Waals surface area contributed by atoms with Crippen LogP contribution in [0.1, 0.15) is 0 Å². The molecule has 0 fully saturated rings. The fraction of sp³-hybridized carbons (Fsp3) is 0. The summed E-state index contributed by atoms with van der Waals surface area (Å²) in [7, 11) is 0. The van der Waals surface area contributed by atoms with Crippen molar-refractivity contribution in [3.05, 3.63) is 24.8 Å². The third kappa shape index (κ3) is 6.47. The summed E-state index contributed by atoms with van der Waals surface area (Å²) < 4.78 is 0. The van der Waals surface area contributed by atoms with Crippen molar-refractivity contribution in [2.24, 2.45) is 0 Å². The van der Waals surface area contributed by atoms with Crippen LogP contribution in [-0.4, -0.2) is 113 Å². The molecule has 0 saturated carbocycles. The maximum Gasteiger partial charge on any atom is 0.115 e. The quantitative estimate of drug-likeness (QED) is 0.463. The van der Waals surface area contributed by atoms with Crippen LogP contribution in [0.3, 0.4) is 0 Å². The van der Waals surface area contributed by atoms with E-state index in [1.807, 2.05) is 0 Å². The zero-order valence-electron chi connectivity index (χ0n) is 3.20. The van der Waals surface area contributed by atoms with E-state index in [0.717, 1.165) is 0 Å². The maximum absolute atomic E-state index is 3.67. The molecule has 0 radical (unpaired) electrons. The molecule has 0 aliphatic rings. The molecule has 0 spiro atoms. The zero-order valence-corrected chi connectivity index (χ0v) is 3.20. The van der Waals surface area contributed by atoms with E-state index in [1.165, 1.54) is 6.33 Å². The molecule has 0 aromatic carbocycles. The maximum atomic E-state index is 3.67. The van der Waals surface area contributed by atoms with Crippen LogP contribution in [-0.2, 0) is 0 Å². The zero-order chi connectivity index (χ0) is 4.24. The van der Waals surface area contributed by atoms with E-state index in [4.69, 9.17) is 0 Å². The van der Waals surface area contributed by atoms with Gasteiger partial charge in [0.15, 0.2) is 0 Å². The van der Waals surface area contributed by atoms with Crippen LogP contribution in [0.4, 0.5) is 0 Å². The fourth-order valence-corrected chi connectivity index (χ4v) is 0.253. The van der Waals surface area contributed by atoms with Crippen LogP contribution in [0, 0.1) is 0 Å². The molecule has 0 aliphatic carbocycles. The first-order chi connectivity index (χ1) is 3.00. The van der Waals surface area contributed by atoms with Gasteiger partial charge in [-0.25, -0.2) is 9.97 Å². The van der Waals surface area contributed by atoms with Gasteiger partial charge in [-0.15, -0.1) is 0 Å². The summed E-state index contributed by atoms with van der Waals surface area (Å²) in [5.74, 6) is 0. The second kappa shape index (κ2) is 9.35. The monoisotopic (exact) mass is 160 g/mol. The summed E-state index contributed by atoms with van der Waals surface area (Å²) in [4.78, 5) is 7.35. The van der Waals surface area contributed by atoms with Crippen LogP contribution >= 0.6 is 0 Å². The number of nitrogens with zero attached hydrogens (tertiary/aromatic N) is 2. The van der Waals surface area contributed by atoms with Crippen LogP contribution in [0.2, 0.25) is 0 Å². The Labute approximate surface area is 134 Å². The standard InChI is InChI=1S/C4H4N2.2K.2H/c1-2-5-4-6-3-1;;;;/h1-4H;;;;. The molecule has 34 valence electrons. The van der Waals surface area contributed by atoms with E-state index >= 15 is 0 Å². The Morgan fingerprint density at radius 2 is 1.38 bits per heavy atom. The van der Waals surface area contributed by atoms with E-state index in [-0.39, 0.29) is 103 Å². The predicted molar refractivity (Wildman–Crippen MR) is 36.3 cm³/mol. The van der Waals surface area contributed by atoms with Gasteiger partial charge in [-0.05, 0) is 6.07 Å². The summed E-state index contributed by atoms with van der Waals surface area (Å²) in [6, 6.07) is 1.78. The Morgan fingerprint density at radius 1 is 0.875 bits per heavy atom. The smallest absolute Gasteiger partial charge is 0.115 e. The molecule has 1 rings (SSSR count). The molecule has 2 nitrogen and oxygen atoms in total. The van der Waals surface area contributed by atoms with E-state index in [9.17, 15) is 0 Å². The van der Waals surface area contributed by atoms with Crippen molar-refractivity contribution in [3.8, 4) is 0 Å². The van der Waals surface area contributed by atoms with Crippen LogP contribution < -0.4 is 0 Å². The molecule has 0 saturated heterocycles. The first-order valence-corrected chi connectivity index (χ1v) is 1.70. The molecule has 0 atom stereocenters. The van der Waals surface area contributed by atoms with Crippen LogP contribution in [0.5, 0.6) is 0 Å². The van der Waals surface area contributed by atoms with Crippen molar-refractivity contribution in [2.45, 2.75) is 0 Å². The molecule has 0 N–H and O–H groups in total. The van der Waals surface area contributed by atoms with Gasteiger partial charge >= 0.3 is 103 Å². The van der Waals surface area contributed by atoms with Crippen molar-refractivity contribution < 1.29 is 0 Å². The minimum Gasteiger partial charge on any atom is -0.245 e. The molecule has 1 aromatic rings. The minimum atomic E-state index is 0. The summed E-state index contributed by atoms with van der Waals surface area (Å²) in [6.07, 6.45) is 4.88. The number of hydrogen-bond donors (Lipinski definition) is 0. The molecule has 1 aromatic heterocycles. The molecular weight excluding hydrogens is 154 g/mol. The van der Waals surface area contributed by atoms with Crippen LogP contribution in [0.15, 0.2) is 24.8 Å². The third-order valence-corrected chi connectivity index (χ3v) is 0.478. The topological polar surface area (TPSA) is 25.8 Å². The first-order valence-electron chi connectivity index (χ1n) is 1.70. The van der Waals surface area contributed by atoms with Gasteiger partial charge in [-0.3, -0.25) is 0 Å². The van der Waals surface area contributed by atoms with Gasteiger partial charge in [-0.2, -0.15) is 0 Å². The number of rotatable bonds is 0. The SMILES string of the molecule is [KH].[KH].c1cncnc1. The summed E-state index contributed by atoms with van der Waals surface area (Å²) >= 11 is 0. The average molecular weight is 160 g/mol. The Balaban J connectivity index is 0. The van der Waals surface area contributed by atoms with Gasteiger partial charge in [0.1, 0.15) is 6.33 Å². The van der Waals surface area contributed by atoms with Gasteiger partial charge in [0, 0.05) is 12.4 Å². The molecule has 8 heavy (non-hydrogen) atoms. The van der Waals surface area contributed by atoms with Gasteiger partial charge < -0.3 is 0 Å². The van der Waals surface area contributed by atoms with Gasteiger partial charge in [-0.1, -0.05) is 0 Å². The average Bonchev–Trinajstić information content (AvgIpc) is 1.72. The van der Waals surface area contributed by atoms with Gasteiger partial charge in [0.05, 0.1) is 0 Å². The Kier molecular flexibility index (Phi) is 15.2. The van der Waals surface area contributed by atoms with Crippen LogP contribution in [0.25, 0.3) is 0 Å². The van der Waals surface area contributed by atoms with Gasteiger partial charge in [0.2, 0.25) is 0 Å². The summed E-state index contributed by atoms with van der Waals surface area (Å²) in [6.45, 7) is 0. The first kappa shape index (κ1) is 13.0. The van der Waals surface area contributed by atoms with Crippen molar-refractivity contribution in [1.29, 1.82) is 0 Å². The fourth-order valence-electron chi connectivity index (χ4n) is 0.253. The molecule has 1 heterocycles. The van der Waals surface area contributed by atoms with Crippen molar-refractivity contribution in [3.63, 3.8) is 0 Å². The third-order valence-electron chi connectivity index (χ3n) is 0.478. The largest absolute Gasteiger partial charge is 0.245 e. The summed E-state index contributed by atoms with van der Waals surface area (Å²) in [5, 5.41) is 0. The van der Waals surface area contributed by atoms with E-state index in [2.05, 4.69) is 9.97 Å². The Morgan fingerprint density at radius 3 is 1.50 bits per heavy atom. The van der Waals surface area contributed by atoms with Crippen molar-refractivity contribution >= 4 is 103 Å². The van der Waals surface area contributed by atoms with E-state index < -0.39 is 0 Å². The normalized spacial score (nSPS) is 6.00. The van der Waals surface area contributed by atoms with Crippen molar-refractivity contribution in [2.75, 3.05) is 0 Å². The Hall–Kier alpha value is 2.35.